The van der Waals surface area contributed by atoms with E-state index in [4.69, 9.17) is 4.74 Å². The zero-order valence-electron chi connectivity index (χ0n) is 15.3. The molecule has 0 saturated carbocycles. The molecular weight excluding hydrogens is 379 g/mol. The molecule has 136 valence electrons. The maximum atomic E-state index is 11.9. The molecule has 0 amide bonds. The number of benzene rings is 2. The summed E-state index contributed by atoms with van der Waals surface area (Å²) in [4.78, 5) is -0.479. The molecule has 5 nitrogen and oxygen atoms in total. The average Bonchev–Trinajstić information content (AvgIpc) is 2.56. The third-order valence-electron chi connectivity index (χ3n) is 3.90. The molecule has 0 heterocycles. The molecule has 0 bridgehead atoms. The minimum Gasteiger partial charge on any atom is -0.872 e. The predicted octanol–water partition coefficient (Wildman–Crippen LogP) is 1.32. The van der Waals surface area contributed by atoms with Crippen LogP contribution in [-0.2, 0) is 16.5 Å². The van der Waals surface area contributed by atoms with Crippen molar-refractivity contribution in [3.05, 3.63) is 48.0 Å². The van der Waals surface area contributed by atoms with Gasteiger partial charge >= 0.3 is 51.4 Å². The van der Waals surface area contributed by atoms with Gasteiger partial charge in [0.2, 0.25) is 0 Å². The Morgan fingerprint density at radius 3 is 2.31 bits per heavy atom. The van der Waals surface area contributed by atoms with E-state index in [2.05, 4.69) is 6.92 Å². The van der Waals surface area contributed by atoms with Crippen LogP contribution in [0.5, 0.6) is 17.2 Å². The van der Waals surface area contributed by atoms with Gasteiger partial charge in [0.1, 0.15) is 10.6 Å². The molecule has 0 fully saturated rings. The third-order valence-corrected chi connectivity index (χ3v) is 4.76. The summed E-state index contributed by atoms with van der Waals surface area (Å²) in [5.41, 5.74) is 0.500. The van der Waals surface area contributed by atoms with Crippen molar-refractivity contribution in [2.75, 3.05) is 0 Å². The second kappa shape index (κ2) is 11.4. The van der Waals surface area contributed by atoms with Crippen LogP contribution >= 0.6 is 0 Å². The Morgan fingerprint density at radius 2 is 1.69 bits per heavy atom. The molecule has 0 spiro atoms. The summed E-state index contributed by atoms with van der Waals surface area (Å²) >= 11 is 0. The Labute approximate surface area is 198 Å². The fourth-order valence-electron chi connectivity index (χ4n) is 2.65. The van der Waals surface area contributed by atoms with Crippen LogP contribution in [-0.4, -0.2) is 13.0 Å². The van der Waals surface area contributed by atoms with Crippen molar-refractivity contribution in [1.82, 2.24) is 0 Å². The fourth-order valence-corrected chi connectivity index (χ4v) is 3.32. The Kier molecular flexibility index (Phi) is 10.4. The zero-order chi connectivity index (χ0) is 18.3. The SMILES string of the molecule is CCCCCCCc1cc([O-])cc(S(=O)(=O)O)c1Oc1ccccc1.[K+]. The van der Waals surface area contributed by atoms with Gasteiger partial charge in [-0.15, -0.1) is 5.75 Å². The van der Waals surface area contributed by atoms with Gasteiger partial charge in [-0.25, -0.2) is 0 Å². The summed E-state index contributed by atoms with van der Waals surface area (Å²) in [6.07, 6.45) is 5.69. The van der Waals surface area contributed by atoms with Crippen molar-refractivity contribution in [2.24, 2.45) is 0 Å². The van der Waals surface area contributed by atoms with Crippen LogP contribution in [0, 0.1) is 0 Å². The van der Waals surface area contributed by atoms with Gasteiger partial charge in [0.25, 0.3) is 10.1 Å². The summed E-state index contributed by atoms with van der Waals surface area (Å²) in [6, 6.07) is 11.0. The summed E-state index contributed by atoms with van der Waals surface area (Å²) < 4.78 is 38.6. The molecule has 26 heavy (non-hydrogen) atoms. The van der Waals surface area contributed by atoms with Gasteiger partial charge in [-0.1, -0.05) is 56.9 Å². The standard InChI is InChI=1S/C19H24O5S.K/c1-2-3-4-5-7-10-15-13-16(20)14-18(25(21,22)23)19(15)24-17-11-8-6-9-12-17;/h6,8-9,11-14,20H,2-5,7,10H2,1H3,(H,21,22,23);/q;+1/p-1. The minimum absolute atomic E-state index is 0. The van der Waals surface area contributed by atoms with E-state index in [0.717, 1.165) is 38.2 Å². The average molecular weight is 403 g/mol. The van der Waals surface area contributed by atoms with E-state index in [9.17, 15) is 18.1 Å². The number of para-hydroxylation sites is 1. The van der Waals surface area contributed by atoms with Crippen LogP contribution in [0.3, 0.4) is 0 Å². The van der Waals surface area contributed by atoms with Crippen LogP contribution in [0.1, 0.15) is 44.6 Å². The molecule has 0 radical (unpaired) electrons. The van der Waals surface area contributed by atoms with Gasteiger partial charge in [0.05, 0.1) is 0 Å². The molecule has 7 heteroatoms. The van der Waals surface area contributed by atoms with Crippen LogP contribution in [0.2, 0.25) is 0 Å². The van der Waals surface area contributed by atoms with Crippen molar-refractivity contribution in [3.8, 4) is 17.2 Å². The van der Waals surface area contributed by atoms with E-state index < -0.39 is 20.8 Å². The zero-order valence-corrected chi connectivity index (χ0v) is 19.2. The molecule has 2 aromatic rings. The Hall–Kier alpha value is -0.414. The Bertz CT molecular complexity index is 791. The molecule has 0 aromatic heterocycles. The molecule has 0 saturated heterocycles. The summed E-state index contributed by atoms with van der Waals surface area (Å²) in [5.74, 6) is 0.0127. The summed E-state index contributed by atoms with van der Waals surface area (Å²) in [5, 5.41) is 11.9. The third kappa shape index (κ3) is 7.30. The molecule has 0 aliphatic carbocycles. The van der Waals surface area contributed by atoms with Crippen LogP contribution in [0.25, 0.3) is 0 Å². The predicted molar refractivity (Wildman–Crippen MR) is 94.7 cm³/mol. The smallest absolute Gasteiger partial charge is 0.872 e. The molecule has 0 unspecified atom stereocenters. The number of hydrogen-bond acceptors (Lipinski definition) is 4. The normalized spacial score (nSPS) is 11.0. The largest absolute Gasteiger partial charge is 1.00 e. The number of ether oxygens (including phenoxy) is 1. The minimum atomic E-state index is -4.56. The number of unbranched alkanes of at least 4 members (excludes halogenated alkanes) is 4. The van der Waals surface area contributed by atoms with Crippen molar-refractivity contribution >= 4 is 10.1 Å². The van der Waals surface area contributed by atoms with E-state index in [1.165, 1.54) is 6.07 Å². The van der Waals surface area contributed by atoms with Gasteiger partial charge in [-0.3, -0.25) is 4.55 Å². The van der Waals surface area contributed by atoms with Crippen molar-refractivity contribution in [3.63, 3.8) is 0 Å². The first-order chi connectivity index (χ1) is 11.9. The van der Waals surface area contributed by atoms with Gasteiger partial charge in [-0.05, 0) is 36.6 Å². The summed E-state index contributed by atoms with van der Waals surface area (Å²) in [6.45, 7) is 2.13. The van der Waals surface area contributed by atoms with E-state index in [-0.39, 0.29) is 57.1 Å². The van der Waals surface area contributed by atoms with E-state index in [0.29, 0.717) is 17.7 Å². The van der Waals surface area contributed by atoms with Gasteiger partial charge in [0, 0.05) is 0 Å². The number of aryl methyl sites for hydroxylation is 1. The van der Waals surface area contributed by atoms with Crippen molar-refractivity contribution < 1.29 is 74.2 Å². The van der Waals surface area contributed by atoms with Crippen LogP contribution in [0.15, 0.2) is 47.4 Å². The first-order valence-corrected chi connectivity index (χ1v) is 9.90. The van der Waals surface area contributed by atoms with Gasteiger partial charge in [-0.2, -0.15) is 8.42 Å². The van der Waals surface area contributed by atoms with E-state index >= 15 is 0 Å². The van der Waals surface area contributed by atoms with Gasteiger partial charge < -0.3 is 9.84 Å². The first kappa shape index (κ1) is 23.6. The van der Waals surface area contributed by atoms with Crippen LogP contribution < -0.4 is 61.2 Å². The number of rotatable bonds is 9. The maximum absolute atomic E-state index is 11.9. The van der Waals surface area contributed by atoms with E-state index in [1.807, 2.05) is 6.07 Å². The molecule has 0 atom stereocenters. The van der Waals surface area contributed by atoms with Crippen LogP contribution in [0.4, 0.5) is 0 Å². The molecule has 2 aromatic carbocycles. The second-order valence-electron chi connectivity index (χ2n) is 5.96. The maximum Gasteiger partial charge on any atom is 1.00 e. The van der Waals surface area contributed by atoms with Crippen molar-refractivity contribution in [2.45, 2.75) is 50.3 Å². The molecule has 0 aliphatic heterocycles. The second-order valence-corrected chi connectivity index (χ2v) is 7.35. The molecule has 1 N–H and O–H groups in total. The topological polar surface area (TPSA) is 86.7 Å². The molecule has 2 rings (SSSR count). The Morgan fingerprint density at radius 1 is 1.04 bits per heavy atom. The molecule has 0 aliphatic rings. The van der Waals surface area contributed by atoms with E-state index in [1.54, 1.807) is 24.3 Å². The fraction of sp³-hybridized carbons (Fsp3) is 0.368. The molecular formula is C19H23KO5S. The number of hydrogen-bond donors (Lipinski definition) is 1. The quantitative estimate of drug-likeness (QED) is 0.388. The summed E-state index contributed by atoms with van der Waals surface area (Å²) in [7, 11) is -4.56. The monoisotopic (exact) mass is 402 g/mol. The van der Waals surface area contributed by atoms with Gasteiger partial charge in [0.15, 0.2) is 5.75 Å². The Balaban J connectivity index is 0.00000338. The van der Waals surface area contributed by atoms with Crippen molar-refractivity contribution in [1.29, 1.82) is 0 Å². The first-order valence-electron chi connectivity index (χ1n) is 8.46.